The highest BCUT2D eigenvalue weighted by Gasteiger charge is 2.22. The van der Waals surface area contributed by atoms with E-state index in [0.717, 1.165) is 12.1 Å². The standard InChI is InChI=1S/C26H18F2N2O5/c27-17-7-6-14(9-18(17)28)12-30-19-4-1-3-16(26(29)33)24(19)25-20(30)10-15(21-5-2-8-34-21)11-22(25)35-13-23(31)32/h1-11H,12-13H2,(H2,29,33)(H,31,32). The van der Waals surface area contributed by atoms with Gasteiger partial charge in [-0.15, -0.1) is 0 Å². The van der Waals surface area contributed by atoms with Gasteiger partial charge in [0.25, 0.3) is 0 Å². The number of aliphatic carboxylic acids is 1. The van der Waals surface area contributed by atoms with Gasteiger partial charge in [0.1, 0.15) is 11.5 Å². The molecule has 0 atom stereocenters. The number of carbonyl (C=O) groups is 2. The summed E-state index contributed by atoms with van der Waals surface area (Å²) in [6, 6.07) is 15.5. The van der Waals surface area contributed by atoms with Crippen LogP contribution in [0.3, 0.4) is 0 Å². The fraction of sp³-hybridized carbons (Fsp3) is 0.0769. The molecule has 3 aromatic carbocycles. The van der Waals surface area contributed by atoms with Gasteiger partial charge in [-0.3, -0.25) is 4.79 Å². The first-order valence-corrected chi connectivity index (χ1v) is 10.5. The van der Waals surface area contributed by atoms with Crippen LogP contribution in [-0.2, 0) is 11.3 Å². The maximum absolute atomic E-state index is 14.0. The van der Waals surface area contributed by atoms with Crippen LogP contribution in [0, 0.1) is 11.6 Å². The smallest absolute Gasteiger partial charge is 0.341 e. The van der Waals surface area contributed by atoms with Crippen LogP contribution < -0.4 is 10.5 Å². The minimum Gasteiger partial charge on any atom is -0.481 e. The molecule has 5 rings (SSSR count). The Morgan fingerprint density at radius 2 is 1.80 bits per heavy atom. The molecule has 0 saturated carbocycles. The highest BCUT2D eigenvalue weighted by molar-refractivity contribution is 6.20. The number of hydrogen-bond acceptors (Lipinski definition) is 4. The first-order valence-electron chi connectivity index (χ1n) is 10.5. The number of halogens is 2. The van der Waals surface area contributed by atoms with Gasteiger partial charge in [0.15, 0.2) is 18.2 Å². The Labute approximate surface area is 196 Å². The molecule has 0 fully saturated rings. The molecule has 0 aliphatic carbocycles. The van der Waals surface area contributed by atoms with E-state index in [9.17, 15) is 23.5 Å². The number of carboxylic acid groups (broad SMARTS) is 1. The van der Waals surface area contributed by atoms with Crippen LogP contribution in [0.1, 0.15) is 15.9 Å². The molecule has 9 heteroatoms. The highest BCUT2D eigenvalue weighted by atomic mass is 19.2. The summed E-state index contributed by atoms with van der Waals surface area (Å²) in [6.07, 6.45) is 1.50. The summed E-state index contributed by atoms with van der Waals surface area (Å²) >= 11 is 0. The molecular weight excluding hydrogens is 458 g/mol. The Kier molecular flexibility index (Phi) is 5.44. The van der Waals surface area contributed by atoms with E-state index in [0.29, 0.717) is 38.7 Å². The number of carbonyl (C=O) groups excluding carboxylic acids is 1. The quantitative estimate of drug-likeness (QED) is 0.346. The molecule has 5 aromatic rings. The first-order chi connectivity index (χ1) is 16.8. The van der Waals surface area contributed by atoms with Crippen molar-refractivity contribution in [3.8, 4) is 17.1 Å². The number of carboxylic acids is 1. The number of fused-ring (bicyclic) bond motifs is 3. The van der Waals surface area contributed by atoms with E-state index in [1.807, 2.05) is 4.57 Å². The molecular formula is C26H18F2N2O5. The molecule has 1 amide bonds. The van der Waals surface area contributed by atoms with Crippen LogP contribution in [0.2, 0.25) is 0 Å². The van der Waals surface area contributed by atoms with Gasteiger partial charge in [0.2, 0.25) is 5.91 Å². The van der Waals surface area contributed by atoms with Gasteiger partial charge in [-0.2, -0.15) is 0 Å². The topological polar surface area (TPSA) is 108 Å². The Morgan fingerprint density at radius 1 is 0.971 bits per heavy atom. The van der Waals surface area contributed by atoms with Crippen LogP contribution in [0.15, 0.2) is 71.3 Å². The van der Waals surface area contributed by atoms with Gasteiger partial charge in [-0.25, -0.2) is 13.6 Å². The van der Waals surface area contributed by atoms with Crippen molar-refractivity contribution in [3.05, 3.63) is 89.7 Å². The molecule has 0 saturated heterocycles. The summed E-state index contributed by atoms with van der Waals surface area (Å²) in [4.78, 5) is 23.6. The molecule has 0 spiro atoms. The number of benzene rings is 3. The van der Waals surface area contributed by atoms with Gasteiger partial charge in [0.05, 0.1) is 22.7 Å². The second kappa shape index (κ2) is 8.60. The minimum absolute atomic E-state index is 0.124. The lowest BCUT2D eigenvalue weighted by Crippen LogP contribution is -2.11. The van der Waals surface area contributed by atoms with Gasteiger partial charge in [0, 0.05) is 23.1 Å². The Morgan fingerprint density at radius 3 is 2.49 bits per heavy atom. The number of aromatic nitrogens is 1. The number of ether oxygens (including phenoxy) is 1. The average molecular weight is 476 g/mol. The Hall–Kier alpha value is -4.66. The number of hydrogen-bond donors (Lipinski definition) is 2. The zero-order chi connectivity index (χ0) is 24.7. The van der Waals surface area contributed by atoms with Crippen molar-refractivity contribution in [2.75, 3.05) is 6.61 Å². The van der Waals surface area contributed by atoms with Crippen LogP contribution in [0.4, 0.5) is 8.78 Å². The second-order valence-corrected chi connectivity index (χ2v) is 7.93. The normalized spacial score (nSPS) is 11.3. The highest BCUT2D eigenvalue weighted by Crippen LogP contribution is 2.41. The van der Waals surface area contributed by atoms with Gasteiger partial charge >= 0.3 is 5.97 Å². The summed E-state index contributed by atoms with van der Waals surface area (Å²) in [7, 11) is 0. The van der Waals surface area contributed by atoms with E-state index in [1.54, 1.807) is 42.5 Å². The third-order valence-corrected chi connectivity index (χ3v) is 5.70. The maximum Gasteiger partial charge on any atom is 0.341 e. The molecule has 35 heavy (non-hydrogen) atoms. The van der Waals surface area contributed by atoms with Crippen molar-refractivity contribution in [1.29, 1.82) is 0 Å². The summed E-state index contributed by atoms with van der Waals surface area (Å²) in [5.41, 5.74) is 8.08. The van der Waals surface area contributed by atoms with Gasteiger partial charge < -0.3 is 24.6 Å². The minimum atomic E-state index is -1.18. The zero-order valence-corrected chi connectivity index (χ0v) is 18.1. The SMILES string of the molecule is NC(=O)c1cccc2c1c1c(OCC(=O)O)cc(-c3ccco3)cc1n2Cc1ccc(F)c(F)c1. The molecule has 3 N–H and O–H groups in total. The van der Waals surface area contributed by atoms with Crippen molar-refractivity contribution < 1.29 is 32.6 Å². The molecule has 176 valence electrons. The molecule has 0 radical (unpaired) electrons. The van der Waals surface area contributed by atoms with E-state index in [1.165, 1.54) is 12.3 Å². The van der Waals surface area contributed by atoms with Gasteiger partial charge in [-0.1, -0.05) is 12.1 Å². The summed E-state index contributed by atoms with van der Waals surface area (Å²) in [5.74, 6) is -3.09. The number of nitrogens with zero attached hydrogens (tertiary/aromatic N) is 1. The lowest BCUT2D eigenvalue weighted by Gasteiger charge is -2.11. The van der Waals surface area contributed by atoms with Crippen LogP contribution in [-0.4, -0.2) is 28.2 Å². The fourth-order valence-corrected chi connectivity index (χ4v) is 4.26. The molecule has 2 aromatic heterocycles. The number of primary amides is 1. The van der Waals surface area contributed by atoms with Crippen molar-refractivity contribution in [1.82, 2.24) is 4.57 Å². The lowest BCUT2D eigenvalue weighted by molar-refractivity contribution is -0.139. The van der Waals surface area contributed by atoms with Crippen molar-refractivity contribution in [2.24, 2.45) is 5.73 Å². The first kappa shape index (κ1) is 22.1. The molecule has 0 bridgehead atoms. The predicted octanol–water partition coefficient (Wildman–Crippen LogP) is 4.94. The van der Waals surface area contributed by atoms with Crippen molar-refractivity contribution >= 4 is 33.7 Å². The fourth-order valence-electron chi connectivity index (χ4n) is 4.26. The number of amides is 1. The van der Waals surface area contributed by atoms with Crippen molar-refractivity contribution in [2.45, 2.75) is 6.54 Å². The summed E-state index contributed by atoms with van der Waals surface area (Å²) in [5, 5.41) is 10.1. The van der Waals surface area contributed by atoms with Crippen LogP contribution in [0.25, 0.3) is 33.1 Å². The third kappa shape index (κ3) is 3.97. The summed E-state index contributed by atoms with van der Waals surface area (Å²) < 4.78 is 40.5. The molecule has 0 aliphatic rings. The number of rotatable bonds is 7. The molecule has 0 unspecified atom stereocenters. The summed E-state index contributed by atoms with van der Waals surface area (Å²) in [6.45, 7) is -0.495. The van der Waals surface area contributed by atoms with Crippen molar-refractivity contribution in [3.63, 3.8) is 0 Å². The molecule has 2 heterocycles. The maximum atomic E-state index is 14.0. The van der Waals surface area contributed by atoms with E-state index in [2.05, 4.69) is 0 Å². The van der Waals surface area contributed by atoms with E-state index >= 15 is 0 Å². The molecule has 0 aliphatic heterocycles. The van der Waals surface area contributed by atoms with E-state index < -0.39 is 30.1 Å². The second-order valence-electron chi connectivity index (χ2n) is 7.93. The van der Waals surface area contributed by atoms with Gasteiger partial charge in [-0.05, 0) is 54.1 Å². The zero-order valence-electron chi connectivity index (χ0n) is 18.1. The number of nitrogens with two attached hydrogens (primary N) is 1. The lowest BCUT2D eigenvalue weighted by atomic mass is 10.0. The van der Waals surface area contributed by atoms with E-state index in [4.69, 9.17) is 14.9 Å². The number of furan rings is 1. The average Bonchev–Trinajstić information content (AvgIpc) is 3.47. The Bertz CT molecular complexity index is 1610. The Balaban J connectivity index is 1.86. The monoisotopic (exact) mass is 476 g/mol. The third-order valence-electron chi connectivity index (χ3n) is 5.70. The van der Waals surface area contributed by atoms with E-state index in [-0.39, 0.29) is 17.9 Å². The molecule has 7 nitrogen and oxygen atoms in total. The predicted molar refractivity (Wildman–Crippen MR) is 124 cm³/mol. The van der Waals surface area contributed by atoms with Crippen LogP contribution >= 0.6 is 0 Å². The largest absolute Gasteiger partial charge is 0.481 e. The van der Waals surface area contributed by atoms with Crippen LogP contribution in [0.5, 0.6) is 5.75 Å².